The normalized spacial score (nSPS) is 11.5. The monoisotopic (exact) mass is 268 g/mol. The molecule has 0 fully saturated rings. The first-order valence-corrected chi connectivity index (χ1v) is 7.99. The van der Waals surface area contributed by atoms with Crippen molar-refractivity contribution in [3.63, 3.8) is 0 Å². The Labute approximate surface area is 119 Å². The summed E-state index contributed by atoms with van der Waals surface area (Å²) < 4.78 is 0. The molecule has 0 spiro atoms. The molecule has 0 aromatic heterocycles. The van der Waals surface area contributed by atoms with Crippen molar-refractivity contribution in [2.75, 3.05) is 0 Å². The Morgan fingerprint density at radius 1 is 0.895 bits per heavy atom. The molecule has 0 heterocycles. The smallest absolute Gasteiger partial charge is 0.303 e. The van der Waals surface area contributed by atoms with E-state index in [-0.39, 0.29) is 6.42 Å². The molecule has 0 aromatic carbocycles. The van der Waals surface area contributed by atoms with Crippen LogP contribution < -0.4 is 0 Å². The summed E-state index contributed by atoms with van der Waals surface area (Å²) in [6.45, 7) is 4.59. The molecule has 0 amide bonds. The highest BCUT2D eigenvalue weighted by molar-refractivity contribution is 5.66. The SMILES string of the molecule is CC(C)CCCCCCCCC/C=C\CCC(=O)O. The second-order valence-electron chi connectivity index (χ2n) is 5.85. The molecule has 0 bridgehead atoms. The van der Waals surface area contributed by atoms with Gasteiger partial charge in [0.15, 0.2) is 0 Å². The molecule has 19 heavy (non-hydrogen) atoms. The van der Waals surface area contributed by atoms with E-state index in [2.05, 4.69) is 19.9 Å². The molecule has 0 aromatic rings. The van der Waals surface area contributed by atoms with Crippen LogP contribution in [0.4, 0.5) is 0 Å². The van der Waals surface area contributed by atoms with Gasteiger partial charge >= 0.3 is 5.97 Å². The molecule has 0 atom stereocenters. The van der Waals surface area contributed by atoms with Gasteiger partial charge in [-0.3, -0.25) is 4.79 Å². The second-order valence-corrected chi connectivity index (χ2v) is 5.85. The Morgan fingerprint density at radius 2 is 1.42 bits per heavy atom. The van der Waals surface area contributed by atoms with E-state index in [0.29, 0.717) is 6.42 Å². The Hall–Kier alpha value is -0.790. The van der Waals surface area contributed by atoms with Crippen LogP contribution >= 0.6 is 0 Å². The molecular formula is C17H32O2. The highest BCUT2D eigenvalue weighted by Gasteiger charge is 1.95. The first-order valence-electron chi connectivity index (χ1n) is 7.99. The maximum absolute atomic E-state index is 10.3. The van der Waals surface area contributed by atoms with Gasteiger partial charge in [-0.1, -0.05) is 70.9 Å². The fourth-order valence-electron chi connectivity index (χ4n) is 2.14. The van der Waals surface area contributed by atoms with E-state index >= 15 is 0 Å². The third kappa shape index (κ3) is 17.2. The van der Waals surface area contributed by atoms with Gasteiger partial charge in [-0.25, -0.2) is 0 Å². The van der Waals surface area contributed by atoms with Crippen LogP contribution in [0.3, 0.4) is 0 Å². The van der Waals surface area contributed by atoms with Crippen molar-refractivity contribution in [2.45, 2.75) is 84.5 Å². The molecule has 112 valence electrons. The Bertz CT molecular complexity index is 231. The van der Waals surface area contributed by atoms with Crippen molar-refractivity contribution >= 4 is 5.97 Å². The van der Waals surface area contributed by atoms with Gasteiger partial charge in [-0.2, -0.15) is 0 Å². The molecule has 2 nitrogen and oxygen atoms in total. The predicted octanol–water partition coefficient (Wildman–Crippen LogP) is 5.57. The Morgan fingerprint density at radius 3 is 2.00 bits per heavy atom. The summed E-state index contributed by atoms with van der Waals surface area (Å²) in [5.74, 6) is 0.148. The Balaban J connectivity index is 3.08. The summed E-state index contributed by atoms with van der Waals surface area (Å²) in [4.78, 5) is 10.3. The average Bonchev–Trinajstić information content (AvgIpc) is 2.34. The van der Waals surface area contributed by atoms with Crippen LogP contribution in [0.2, 0.25) is 0 Å². The van der Waals surface area contributed by atoms with Crippen molar-refractivity contribution in [1.82, 2.24) is 0 Å². The van der Waals surface area contributed by atoms with E-state index in [4.69, 9.17) is 5.11 Å². The van der Waals surface area contributed by atoms with Crippen LogP contribution in [-0.4, -0.2) is 11.1 Å². The van der Waals surface area contributed by atoms with E-state index < -0.39 is 5.97 Å². The molecular weight excluding hydrogens is 236 g/mol. The van der Waals surface area contributed by atoms with Crippen LogP contribution in [0.25, 0.3) is 0 Å². The number of carboxylic acids is 1. The third-order valence-corrected chi connectivity index (χ3v) is 3.34. The van der Waals surface area contributed by atoms with Crippen LogP contribution in [0, 0.1) is 5.92 Å². The number of aliphatic carboxylic acids is 1. The summed E-state index contributed by atoms with van der Waals surface area (Å²) in [5, 5.41) is 8.47. The molecule has 1 N–H and O–H groups in total. The van der Waals surface area contributed by atoms with E-state index in [9.17, 15) is 4.79 Å². The quantitative estimate of drug-likeness (QED) is 0.350. The van der Waals surface area contributed by atoms with Crippen LogP contribution in [-0.2, 0) is 4.79 Å². The molecule has 0 unspecified atom stereocenters. The number of carbonyl (C=O) groups is 1. The maximum atomic E-state index is 10.3. The van der Waals surface area contributed by atoms with Gasteiger partial charge in [0.05, 0.1) is 0 Å². The van der Waals surface area contributed by atoms with E-state index in [0.717, 1.165) is 12.3 Å². The van der Waals surface area contributed by atoms with Gasteiger partial charge < -0.3 is 5.11 Å². The van der Waals surface area contributed by atoms with Gasteiger partial charge in [0.1, 0.15) is 0 Å². The molecule has 0 aliphatic rings. The van der Waals surface area contributed by atoms with Crippen molar-refractivity contribution in [3.05, 3.63) is 12.2 Å². The third-order valence-electron chi connectivity index (χ3n) is 3.34. The molecule has 0 aliphatic heterocycles. The molecule has 0 radical (unpaired) electrons. The van der Waals surface area contributed by atoms with Crippen molar-refractivity contribution in [1.29, 1.82) is 0 Å². The highest BCUT2D eigenvalue weighted by atomic mass is 16.4. The minimum Gasteiger partial charge on any atom is -0.481 e. The van der Waals surface area contributed by atoms with Crippen LogP contribution in [0.5, 0.6) is 0 Å². The van der Waals surface area contributed by atoms with Gasteiger partial charge in [-0.05, 0) is 25.2 Å². The molecule has 0 saturated carbocycles. The second kappa shape index (κ2) is 13.6. The molecule has 0 saturated heterocycles. The summed E-state index contributed by atoms with van der Waals surface area (Å²) in [6, 6.07) is 0. The zero-order valence-electron chi connectivity index (χ0n) is 12.9. The van der Waals surface area contributed by atoms with Crippen LogP contribution in [0.15, 0.2) is 12.2 Å². The lowest BCUT2D eigenvalue weighted by Crippen LogP contribution is -1.91. The standard InChI is InChI=1S/C17H32O2/c1-16(2)14-12-10-8-6-4-3-5-7-9-11-13-15-17(18)19/h9,11,16H,3-8,10,12-15H2,1-2H3,(H,18,19)/b11-9-. The fourth-order valence-corrected chi connectivity index (χ4v) is 2.14. The molecule has 2 heteroatoms. The van der Waals surface area contributed by atoms with Crippen molar-refractivity contribution in [2.24, 2.45) is 5.92 Å². The van der Waals surface area contributed by atoms with Gasteiger partial charge in [0.25, 0.3) is 0 Å². The van der Waals surface area contributed by atoms with E-state index in [1.54, 1.807) is 0 Å². The topological polar surface area (TPSA) is 37.3 Å². The first-order chi connectivity index (χ1) is 9.13. The lowest BCUT2D eigenvalue weighted by Gasteiger charge is -2.04. The van der Waals surface area contributed by atoms with Gasteiger partial charge in [-0.15, -0.1) is 0 Å². The highest BCUT2D eigenvalue weighted by Crippen LogP contribution is 2.12. The zero-order chi connectivity index (χ0) is 14.3. The van der Waals surface area contributed by atoms with E-state index in [1.807, 2.05) is 6.08 Å². The lowest BCUT2D eigenvalue weighted by molar-refractivity contribution is -0.136. The molecule has 0 rings (SSSR count). The lowest BCUT2D eigenvalue weighted by atomic mass is 10.0. The Kier molecular flexibility index (Phi) is 13.1. The average molecular weight is 268 g/mol. The van der Waals surface area contributed by atoms with Crippen molar-refractivity contribution in [3.8, 4) is 0 Å². The van der Waals surface area contributed by atoms with Gasteiger partial charge in [0.2, 0.25) is 0 Å². The summed E-state index contributed by atoms with van der Waals surface area (Å²) >= 11 is 0. The first kappa shape index (κ1) is 18.2. The predicted molar refractivity (Wildman–Crippen MR) is 82.4 cm³/mol. The largest absolute Gasteiger partial charge is 0.481 e. The van der Waals surface area contributed by atoms with Crippen molar-refractivity contribution < 1.29 is 9.90 Å². The minimum absolute atomic E-state index is 0.257. The zero-order valence-corrected chi connectivity index (χ0v) is 12.9. The number of allylic oxidation sites excluding steroid dienone is 2. The fraction of sp³-hybridized carbons (Fsp3) is 0.824. The number of rotatable bonds is 13. The number of unbranched alkanes of at least 4 members (excludes halogenated alkanes) is 7. The summed E-state index contributed by atoms with van der Waals surface area (Å²) in [6.07, 6.45) is 17.0. The number of carboxylic acid groups (broad SMARTS) is 1. The minimum atomic E-state index is -0.706. The van der Waals surface area contributed by atoms with E-state index in [1.165, 1.54) is 51.4 Å². The number of hydrogen-bond donors (Lipinski definition) is 1. The molecule has 0 aliphatic carbocycles. The summed E-state index contributed by atoms with van der Waals surface area (Å²) in [5.41, 5.74) is 0. The van der Waals surface area contributed by atoms with Gasteiger partial charge in [0, 0.05) is 6.42 Å². The maximum Gasteiger partial charge on any atom is 0.303 e. The summed E-state index contributed by atoms with van der Waals surface area (Å²) in [7, 11) is 0. The van der Waals surface area contributed by atoms with Crippen LogP contribution in [0.1, 0.15) is 84.5 Å². The number of hydrogen-bond acceptors (Lipinski definition) is 1.